The molecular formula is C13H9ClN2O. The molecule has 0 N–H and O–H groups in total. The van der Waals surface area contributed by atoms with Gasteiger partial charge in [-0.2, -0.15) is 0 Å². The monoisotopic (exact) mass is 244 g/mol. The summed E-state index contributed by atoms with van der Waals surface area (Å²) in [6, 6.07) is 11.4. The number of halogens is 1. The first-order chi connectivity index (χ1) is 8.22. The summed E-state index contributed by atoms with van der Waals surface area (Å²) in [7, 11) is 0. The van der Waals surface area contributed by atoms with Gasteiger partial charge in [-0.05, 0) is 25.1 Å². The summed E-state index contributed by atoms with van der Waals surface area (Å²) in [6.07, 6.45) is 0. The first-order valence-electron chi connectivity index (χ1n) is 5.22. The maximum absolute atomic E-state index is 5.91. The molecule has 0 aliphatic rings. The molecule has 17 heavy (non-hydrogen) atoms. The number of aryl methyl sites for hydroxylation is 1. The molecule has 2 heterocycles. The van der Waals surface area contributed by atoms with Gasteiger partial charge in [0.2, 0.25) is 0 Å². The Balaban J connectivity index is 2.20. The number of nitrogens with zero attached hydrogens (tertiary/aromatic N) is 2. The fourth-order valence-corrected chi connectivity index (χ4v) is 1.97. The molecule has 0 aliphatic heterocycles. The summed E-state index contributed by atoms with van der Waals surface area (Å²) in [5, 5.41) is 1.46. The Morgan fingerprint density at radius 2 is 1.94 bits per heavy atom. The van der Waals surface area contributed by atoms with Gasteiger partial charge in [-0.3, -0.25) is 0 Å². The number of para-hydroxylation sites is 1. The van der Waals surface area contributed by atoms with Crippen LogP contribution in [0, 0.1) is 6.92 Å². The molecule has 0 spiro atoms. The van der Waals surface area contributed by atoms with Crippen LogP contribution in [0.4, 0.5) is 0 Å². The zero-order valence-electron chi connectivity index (χ0n) is 9.14. The van der Waals surface area contributed by atoms with Crippen molar-refractivity contribution in [2.24, 2.45) is 0 Å². The van der Waals surface area contributed by atoms with Crippen LogP contribution in [0.2, 0.25) is 5.15 Å². The van der Waals surface area contributed by atoms with Gasteiger partial charge in [0.15, 0.2) is 11.6 Å². The number of rotatable bonds is 1. The van der Waals surface area contributed by atoms with E-state index in [-0.39, 0.29) is 0 Å². The van der Waals surface area contributed by atoms with E-state index in [1.807, 2.05) is 37.3 Å². The molecule has 3 nitrogen and oxygen atoms in total. The highest BCUT2D eigenvalue weighted by Crippen LogP contribution is 2.26. The van der Waals surface area contributed by atoms with Gasteiger partial charge in [0.1, 0.15) is 10.7 Å². The molecule has 3 rings (SSSR count). The number of hydrogen-bond donors (Lipinski definition) is 0. The summed E-state index contributed by atoms with van der Waals surface area (Å²) in [5.74, 6) is 1.16. The van der Waals surface area contributed by atoms with E-state index in [4.69, 9.17) is 16.0 Å². The van der Waals surface area contributed by atoms with Gasteiger partial charge in [0.05, 0.1) is 0 Å². The molecule has 84 valence electrons. The van der Waals surface area contributed by atoms with E-state index in [0.29, 0.717) is 16.7 Å². The predicted molar refractivity (Wildman–Crippen MR) is 67.0 cm³/mol. The zero-order valence-corrected chi connectivity index (χ0v) is 9.90. The number of benzene rings is 1. The van der Waals surface area contributed by atoms with E-state index in [0.717, 1.165) is 16.7 Å². The van der Waals surface area contributed by atoms with Crippen molar-refractivity contribution in [3.63, 3.8) is 0 Å². The lowest BCUT2D eigenvalue weighted by atomic mass is 10.2. The molecule has 0 amide bonds. The summed E-state index contributed by atoms with van der Waals surface area (Å²) in [4.78, 5) is 8.47. The molecular weight excluding hydrogens is 236 g/mol. The number of furan rings is 1. The molecule has 0 atom stereocenters. The molecule has 4 heteroatoms. The maximum Gasteiger partial charge on any atom is 0.197 e. The summed E-state index contributed by atoms with van der Waals surface area (Å²) >= 11 is 5.91. The lowest BCUT2D eigenvalue weighted by Crippen LogP contribution is -1.90. The standard InChI is InChI=1S/C13H9ClN2O/c1-8-6-12(14)16-13(15-8)11-7-9-4-2-3-5-10(9)17-11/h2-7H,1H3. The molecule has 0 radical (unpaired) electrons. The molecule has 0 bridgehead atoms. The van der Waals surface area contributed by atoms with Crippen molar-refractivity contribution >= 4 is 22.6 Å². The first-order valence-corrected chi connectivity index (χ1v) is 5.60. The van der Waals surface area contributed by atoms with Gasteiger partial charge < -0.3 is 4.42 Å². The van der Waals surface area contributed by atoms with Crippen molar-refractivity contribution in [3.8, 4) is 11.6 Å². The van der Waals surface area contributed by atoms with Crippen molar-refractivity contribution in [3.05, 3.63) is 47.2 Å². The molecule has 0 fully saturated rings. The first kappa shape index (κ1) is 10.3. The zero-order chi connectivity index (χ0) is 11.8. The van der Waals surface area contributed by atoms with Crippen LogP contribution in [0.25, 0.3) is 22.6 Å². The maximum atomic E-state index is 5.91. The predicted octanol–water partition coefficient (Wildman–Crippen LogP) is 3.85. The summed E-state index contributed by atoms with van der Waals surface area (Å²) in [6.45, 7) is 1.87. The second-order valence-electron chi connectivity index (χ2n) is 3.80. The third kappa shape index (κ3) is 1.89. The fraction of sp³-hybridized carbons (Fsp3) is 0.0769. The van der Waals surface area contributed by atoms with Gasteiger partial charge >= 0.3 is 0 Å². The van der Waals surface area contributed by atoms with Gasteiger partial charge in [0.25, 0.3) is 0 Å². The van der Waals surface area contributed by atoms with Crippen molar-refractivity contribution in [2.45, 2.75) is 6.92 Å². The van der Waals surface area contributed by atoms with E-state index < -0.39 is 0 Å². The largest absolute Gasteiger partial charge is 0.453 e. The molecule has 0 saturated carbocycles. The Morgan fingerprint density at radius 1 is 1.12 bits per heavy atom. The highest BCUT2D eigenvalue weighted by atomic mass is 35.5. The minimum absolute atomic E-state index is 0.424. The number of aromatic nitrogens is 2. The lowest BCUT2D eigenvalue weighted by Gasteiger charge is -1.97. The van der Waals surface area contributed by atoms with Crippen LogP contribution in [-0.2, 0) is 0 Å². The van der Waals surface area contributed by atoms with Crippen molar-refractivity contribution in [1.29, 1.82) is 0 Å². The van der Waals surface area contributed by atoms with Gasteiger partial charge in [-0.1, -0.05) is 29.8 Å². The van der Waals surface area contributed by atoms with Gasteiger partial charge in [-0.15, -0.1) is 0 Å². The average molecular weight is 245 g/mol. The van der Waals surface area contributed by atoms with Gasteiger partial charge in [-0.25, -0.2) is 9.97 Å². The lowest BCUT2D eigenvalue weighted by molar-refractivity contribution is 0.625. The molecule has 1 aromatic carbocycles. The average Bonchev–Trinajstić information content (AvgIpc) is 2.71. The van der Waals surface area contributed by atoms with Crippen LogP contribution in [0.3, 0.4) is 0 Å². The molecule has 0 saturated heterocycles. The summed E-state index contributed by atoms with van der Waals surface area (Å²) in [5.41, 5.74) is 1.64. The number of hydrogen-bond acceptors (Lipinski definition) is 3. The minimum Gasteiger partial charge on any atom is -0.453 e. The SMILES string of the molecule is Cc1cc(Cl)nc(-c2cc3ccccc3o2)n1. The third-order valence-electron chi connectivity index (χ3n) is 2.47. The highest BCUT2D eigenvalue weighted by Gasteiger charge is 2.09. The normalized spacial score (nSPS) is 10.9. The third-order valence-corrected chi connectivity index (χ3v) is 2.66. The van der Waals surface area contributed by atoms with Crippen molar-refractivity contribution in [1.82, 2.24) is 9.97 Å². The van der Waals surface area contributed by atoms with Crippen LogP contribution in [0.1, 0.15) is 5.69 Å². The fourth-order valence-electron chi connectivity index (χ4n) is 1.73. The van der Waals surface area contributed by atoms with Crippen LogP contribution < -0.4 is 0 Å². The summed E-state index contributed by atoms with van der Waals surface area (Å²) < 4.78 is 5.68. The van der Waals surface area contributed by atoms with E-state index in [1.165, 1.54) is 0 Å². The van der Waals surface area contributed by atoms with Crippen molar-refractivity contribution in [2.75, 3.05) is 0 Å². The number of fused-ring (bicyclic) bond motifs is 1. The Hall–Kier alpha value is -1.87. The Bertz CT molecular complexity index is 637. The topological polar surface area (TPSA) is 38.9 Å². The molecule has 3 aromatic rings. The second kappa shape index (κ2) is 3.86. The Labute approximate surface area is 103 Å². The molecule has 0 unspecified atom stereocenters. The van der Waals surface area contributed by atoms with Gasteiger partial charge in [0, 0.05) is 11.1 Å². The Kier molecular flexibility index (Phi) is 2.34. The van der Waals surface area contributed by atoms with Crippen LogP contribution >= 0.6 is 11.6 Å². The van der Waals surface area contributed by atoms with E-state index in [9.17, 15) is 0 Å². The van der Waals surface area contributed by atoms with Crippen LogP contribution in [0.5, 0.6) is 0 Å². The second-order valence-corrected chi connectivity index (χ2v) is 4.19. The van der Waals surface area contributed by atoms with Crippen LogP contribution in [0.15, 0.2) is 40.8 Å². The van der Waals surface area contributed by atoms with Crippen LogP contribution in [-0.4, -0.2) is 9.97 Å². The smallest absolute Gasteiger partial charge is 0.197 e. The molecule has 0 aliphatic carbocycles. The highest BCUT2D eigenvalue weighted by molar-refractivity contribution is 6.29. The Morgan fingerprint density at radius 3 is 2.71 bits per heavy atom. The van der Waals surface area contributed by atoms with Crippen molar-refractivity contribution < 1.29 is 4.42 Å². The molecule has 2 aromatic heterocycles. The van der Waals surface area contributed by atoms with E-state index >= 15 is 0 Å². The minimum atomic E-state index is 0.424. The quantitative estimate of drug-likeness (QED) is 0.611. The van der Waals surface area contributed by atoms with E-state index in [1.54, 1.807) is 6.07 Å². The van der Waals surface area contributed by atoms with E-state index in [2.05, 4.69) is 9.97 Å².